The molecule has 6 aliphatic rings. The SMILES string of the molecule is N#C[C@@H]1C[C@@H]2C[C@]2(C(=O)[C@H](NC(=O)C(F)(F)F)C23CC4CC(CC(OC(=O)C(F)(F)F)(C4)C2)C3)N1. The number of piperidine rings is 1. The first kappa shape index (κ1) is 24.3. The number of nitrogens with one attached hydrogen (secondary N) is 2. The van der Waals surface area contributed by atoms with E-state index in [1.807, 2.05) is 11.4 Å². The Morgan fingerprint density at radius 1 is 0.971 bits per heavy atom. The monoisotopic (exact) mass is 507 g/mol. The first-order valence-electron chi connectivity index (χ1n) is 11.5. The standard InChI is InChI=1S/C22H23F6N3O4/c23-21(24,25)16(33)30-14(15(32)20-7-12(20)2-13(8-29)31-20)18-3-10-1-11(4-18)6-19(5-10,9-18)35-17(34)22(26,27)28/h10-14,31H,1-7,9H2,(H,30,33)/t10?,11?,12-,13+,14+,18?,19?,20+/m1/s1. The summed E-state index contributed by atoms with van der Waals surface area (Å²) in [5.74, 6) is -6.14. The number of hydrogen-bond acceptors (Lipinski definition) is 6. The Hall–Kier alpha value is -2.36. The van der Waals surface area contributed by atoms with E-state index in [0.29, 0.717) is 19.3 Å². The normalized spacial score (nSPS) is 42.1. The lowest BCUT2D eigenvalue weighted by Crippen LogP contribution is -2.68. The number of Topliss-reactive ketones (excluding diaryl/α,β-unsaturated/α-hetero) is 1. The number of nitrogens with zero attached hydrogens (tertiary/aromatic N) is 1. The van der Waals surface area contributed by atoms with Crippen LogP contribution in [0.25, 0.3) is 0 Å². The van der Waals surface area contributed by atoms with Gasteiger partial charge in [0.05, 0.1) is 23.7 Å². The molecule has 192 valence electrons. The Balaban J connectivity index is 1.50. The predicted octanol–water partition coefficient (Wildman–Crippen LogP) is 2.69. The van der Waals surface area contributed by atoms with Crippen molar-refractivity contribution in [3.63, 3.8) is 0 Å². The van der Waals surface area contributed by atoms with E-state index in [4.69, 9.17) is 4.74 Å². The van der Waals surface area contributed by atoms with E-state index < -0.39 is 58.7 Å². The van der Waals surface area contributed by atoms with Crippen LogP contribution in [-0.4, -0.2) is 53.2 Å². The number of amides is 1. The number of hydrogen-bond donors (Lipinski definition) is 2. The maximum Gasteiger partial charge on any atom is 0.490 e. The zero-order chi connectivity index (χ0) is 25.6. The largest absolute Gasteiger partial charge is 0.490 e. The maximum atomic E-state index is 13.8. The molecule has 35 heavy (non-hydrogen) atoms. The minimum Gasteiger partial charge on any atom is -0.452 e. The minimum absolute atomic E-state index is 0.129. The van der Waals surface area contributed by atoms with Crippen LogP contribution in [0.1, 0.15) is 51.4 Å². The molecule has 6 fully saturated rings. The van der Waals surface area contributed by atoms with Crippen molar-refractivity contribution in [3.05, 3.63) is 0 Å². The van der Waals surface area contributed by atoms with Gasteiger partial charge in [0, 0.05) is 5.41 Å². The molecule has 0 aromatic rings. The fourth-order valence-corrected chi connectivity index (χ4v) is 7.83. The third-order valence-electron chi connectivity index (χ3n) is 8.65. The minimum atomic E-state index is -5.28. The number of rotatable bonds is 5. The molecular weight excluding hydrogens is 484 g/mol. The molecule has 1 saturated heterocycles. The lowest BCUT2D eigenvalue weighted by atomic mass is 9.45. The summed E-state index contributed by atoms with van der Waals surface area (Å²) in [4.78, 5) is 37.5. The smallest absolute Gasteiger partial charge is 0.452 e. The van der Waals surface area contributed by atoms with Gasteiger partial charge in [0.15, 0.2) is 5.78 Å². The molecule has 0 aromatic heterocycles. The fourth-order valence-electron chi connectivity index (χ4n) is 7.83. The lowest BCUT2D eigenvalue weighted by Gasteiger charge is -2.63. The van der Waals surface area contributed by atoms with E-state index >= 15 is 0 Å². The highest BCUT2D eigenvalue weighted by atomic mass is 19.4. The summed E-state index contributed by atoms with van der Waals surface area (Å²) in [5.41, 5.74) is -4.09. The van der Waals surface area contributed by atoms with Crippen molar-refractivity contribution in [1.82, 2.24) is 10.6 Å². The number of alkyl halides is 6. The van der Waals surface area contributed by atoms with Gasteiger partial charge in [-0.25, -0.2) is 4.79 Å². The van der Waals surface area contributed by atoms with Gasteiger partial charge >= 0.3 is 24.2 Å². The van der Waals surface area contributed by atoms with Gasteiger partial charge in [0.2, 0.25) is 0 Å². The summed E-state index contributed by atoms with van der Waals surface area (Å²) < 4.78 is 83.7. The van der Waals surface area contributed by atoms with Crippen LogP contribution in [0.15, 0.2) is 0 Å². The Morgan fingerprint density at radius 2 is 1.60 bits per heavy atom. The highest BCUT2D eigenvalue weighted by Crippen LogP contribution is 2.65. The van der Waals surface area contributed by atoms with Crippen LogP contribution in [0.4, 0.5) is 26.3 Å². The summed E-state index contributed by atoms with van der Waals surface area (Å²) in [5, 5.41) is 14.0. The third-order valence-corrected chi connectivity index (χ3v) is 8.65. The van der Waals surface area contributed by atoms with Crippen molar-refractivity contribution in [2.45, 2.75) is 86.9 Å². The topological polar surface area (TPSA) is 108 Å². The van der Waals surface area contributed by atoms with Crippen LogP contribution in [0.3, 0.4) is 0 Å². The third kappa shape index (κ3) is 3.88. The van der Waals surface area contributed by atoms with Gasteiger partial charge in [-0.1, -0.05) is 0 Å². The van der Waals surface area contributed by atoms with Crippen LogP contribution in [0.2, 0.25) is 0 Å². The second kappa shape index (κ2) is 7.33. The molecule has 4 bridgehead atoms. The van der Waals surface area contributed by atoms with Gasteiger partial charge in [-0.2, -0.15) is 31.6 Å². The van der Waals surface area contributed by atoms with E-state index in [2.05, 4.69) is 5.32 Å². The molecule has 1 aliphatic heterocycles. The first-order valence-corrected chi connectivity index (χ1v) is 11.5. The van der Waals surface area contributed by atoms with Gasteiger partial charge in [-0.05, 0) is 69.1 Å². The second-order valence-electron chi connectivity index (χ2n) is 11.1. The molecule has 1 amide bonds. The summed E-state index contributed by atoms with van der Waals surface area (Å²) in [6.45, 7) is 0. The molecule has 6 atom stereocenters. The summed E-state index contributed by atoms with van der Waals surface area (Å²) in [6, 6.07) is -0.307. The molecule has 2 N–H and O–H groups in total. The highest BCUT2D eigenvalue weighted by Gasteiger charge is 2.71. The van der Waals surface area contributed by atoms with Gasteiger partial charge in [-0.15, -0.1) is 0 Å². The molecule has 2 unspecified atom stereocenters. The molecule has 6 rings (SSSR count). The van der Waals surface area contributed by atoms with Gasteiger partial charge in [-0.3, -0.25) is 14.9 Å². The van der Waals surface area contributed by atoms with Crippen molar-refractivity contribution in [2.24, 2.45) is 23.2 Å². The number of nitriles is 1. The molecule has 13 heteroatoms. The average Bonchev–Trinajstić information content (AvgIpc) is 3.29. The zero-order valence-electron chi connectivity index (χ0n) is 18.4. The summed E-state index contributed by atoms with van der Waals surface area (Å²) in [7, 11) is 0. The molecule has 7 nitrogen and oxygen atoms in total. The van der Waals surface area contributed by atoms with Crippen molar-refractivity contribution >= 4 is 17.7 Å². The summed E-state index contributed by atoms with van der Waals surface area (Å²) >= 11 is 0. The number of carbonyl (C=O) groups is 3. The Kier molecular flexibility index (Phi) is 5.10. The van der Waals surface area contributed by atoms with Gasteiger partial charge in [0.1, 0.15) is 5.60 Å². The van der Waals surface area contributed by atoms with Crippen LogP contribution in [0.5, 0.6) is 0 Å². The average molecular weight is 507 g/mol. The Bertz CT molecular complexity index is 1010. The van der Waals surface area contributed by atoms with Crippen LogP contribution >= 0.6 is 0 Å². The summed E-state index contributed by atoms with van der Waals surface area (Å²) in [6.07, 6.45) is -8.80. The first-order chi connectivity index (χ1) is 16.1. The number of carbonyl (C=O) groups excluding carboxylic acids is 3. The van der Waals surface area contributed by atoms with E-state index in [0.717, 1.165) is 0 Å². The van der Waals surface area contributed by atoms with Crippen molar-refractivity contribution in [1.29, 1.82) is 5.26 Å². The zero-order valence-corrected chi connectivity index (χ0v) is 18.4. The van der Waals surface area contributed by atoms with Crippen LogP contribution < -0.4 is 10.6 Å². The molecule has 0 spiro atoms. The molecule has 0 aromatic carbocycles. The van der Waals surface area contributed by atoms with Crippen molar-refractivity contribution < 1.29 is 45.5 Å². The number of ketones is 1. The van der Waals surface area contributed by atoms with Crippen LogP contribution in [-0.2, 0) is 19.1 Å². The van der Waals surface area contributed by atoms with Crippen LogP contribution in [0, 0.1) is 34.5 Å². The Labute approximate surface area is 195 Å². The number of fused-ring (bicyclic) bond motifs is 1. The number of halogens is 6. The fraction of sp³-hybridized carbons (Fsp3) is 0.818. The molecule has 1 heterocycles. The maximum absolute atomic E-state index is 13.8. The second-order valence-corrected chi connectivity index (χ2v) is 11.1. The molecular formula is C22H23F6N3O4. The Morgan fingerprint density at radius 3 is 2.11 bits per heavy atom. The van der Waals surface area contributed by atoms with Gasteiger partial charge < -0.3 is 10.1 Å². The van der Waals surface area contributed by atoms with E-state index in [1.165, 1.54) is 0 Å². The van der Waals surface area contributed by atoms with E-state index in [-0.39, 0.29) is 49.9 Å². The quantitative estimate of drug-likeness (QED) is 0.438. The van der Waals surface area contributed by atoms with E-state index in [1.54, 1.807) is 0 Å². The highest BCUT2D eigenvalue weighted by molar-refractivity contribution is 6.00. The van der Waals surface area contributed by atoms with Gasteiger partial charge in [0.25, 0.3) is 0 Å². The number of esters is 1. The number of ether oxygens (including phenoxy) is 1. The molecule has 0 radical (unpaired) electrons. The lowest BCUT2D eigenvalue weighted by molar-refractivity contribution is -0.240. The molecule has 5 saturated carbocycles. The molecule has 5 aliphatic carbocycles. The van der Waals surface area contributed by atoms with E-state index in [9.17, 15) is 46.0 Å². The van der Waals surface area contributed by atoms with Crippen molar-refractivity contribution in [3.8, 4) is 6.07 Å². The predicted molar refractivity (Wildman–Crippen MR) is 103 cm³/mol. The van der Waals surface area contributed by atoms with Crippen molar-refractivity contribution in [2.75, 3.05) is 0 Å².